The van der Waals surface area contributed by atoms with E-state index < -0.39 is 0 Å². The van der Waals surface area contributed by atoms with Gasteiger partial charge < -0.3 is 0 Å². The normalized spacial score (nSPS) is 24.2. The van der Waals surface area contributed by atoms with Crippen molar-refractivity contribution in [2.75, 3.05) is 7.05 Å². The first kappa shape index (κ1) is 6.53. The van der Waals surface area contributed by atoms with Crippen LogP contribution in [0.5, 0.6) is 0 Å². The quantitative estimate of drug-likeness (QED) is 0.468. The maximum atomic E-state index is 4.14. The van der Waals surface area contributed by atoms with Gasteiger partial charge in [0.25, 0.3) is 0 Å². The van der Waals surface area contributed by atoms with Gasteiger partial charge in [-0.05, 0) is 32.3 Å². The van der Waals surface area contributed by atoms with E-state index in [9.17, 15) is 0 Å². The number of hydrogen-bond acceptors (Lipinski definition) is 1. The molecule has 0 aromatic heterocycles. The van der Waals surface area contributed by atoms with E-state index in [2.05, 4.69) is 18.0 Å². The molecule has 0 N–H and O–H groups in total. The lowest BCUT2D eigenvalue weighted by atomic mass is 9.99. The predicted molar refractivity (Wildman–Crippen MR) is 41.0 cm³/mol. The number of rotatable bonds is 0. The van der Waals surface area contributed by atoms with Gasteiger partial charge in [0.1, 0.15) is 0 Å². The smallest absolute Gasteiger partial charge is 0.0344 e. The van der Waals surface area contributed by atoms with Gasteiger partial charge >= 0.3 is 0 Å². The van der Waals surface area contributed by atoms with E-state index in [0.29, 0.717) is 0 Å². The average molecular weight is 123 g/mol. The highest BCUT2D eigenvalue weighted by Crippen LogP contribution is 2.14. The summed E-state index contributed by atoms with van der Waals surface area (Å²) in [7, 11) is 1.87. The van der Waals surface area contributed by atoms with Crippen molar-refractivity contribution >= 4 is 5.71 Å². The third-order valence-corrected chi connectivity index (χ3v) is 1.70. The molecule has 0 aliphatic heterocycles. The van der Waals surface area contributed by atoms with Crippen LogP contribution in [0.25, 0.3) is 0 Å². The largest absolute Gasteiger partial charge is 0.293 e. The molecule has 1 aliphatic carbocycles. The molecule has 0 aromatic carbocycles. The van der Waals surface area contributed by atoms with Crippen molar-refractivity contribution < 1.29 is 0 Å². The van der Waals surface area contributed by atoms with Crippen molar-refractivity contribution in [2.24, 2.45) is 4.99 Å². The van der Waals surface area contributed by atoms with Gasteiger partial charge in [0, 0.05) is 12.8 Å². The molecule has 0 unspecified atom stereocenters. The molecule has 0 bridgehead atoms. The van der Waals surface area contributed by atoms with E-state index in [0.717, 1.165) is 0 Å². The van der Waals surface area contributed by atoms with Crippen molar-refractivity contribution in [3.8, 4) is 0 Å². The number of allylic oxidation sites excluding steroid dienone is 2. The molecule has 0 heterocycles. The highest BCUT2D eigenvalue weighted by Gasteiger charge is 2.02. The minimum Gasteiger partial charge on any atom is -0.293 e. The fraction of sp³-hybridized carbons (Fsp3) is 0.625. The van der Waals surface area contributed by atoms with Gasteiger partial charge in [-0.2, -0.15) is 0 Å². The van der Waals surface area contributed by atoms with E-state index in [1.807, 2.05) is 7.05 Å². The third-order valence-electron chi connectivity index (χ3n) is 1.70. The maximum Gasteiger partial charge on any atom is 0.0344 e. The van der Waals surface area contributed by atoms with Crippen molar-refractivity contribution in [3.05, 3.63) is 11.6 Å². The first-order valence-electron chi connectivity index (χ1n) is 3.46. The summed E-state index contributed by atoms with van der Waals surface area (Å²) in [5.74, 6) is 0. The molecule has 1 nitrogen and oxygen atoms in total. The van der Waals surface area contributed by atoms with Crippen LogP contribution in [-0.4, -0.2) is 12.8 Å². The standard InChI is InChI=1S/C8H13N/c1-7-4-3-5-8(6-7)9-2/h6H,3-5H2,1-2H3/b9-8+. The van der Waals surface area contributed by atoms with E-state index in [1.54, 1.807) is 0 Å². The lowest BCUT2D eigenvalue weighted by Crippen LogP contribution is -2.00. The third kappa shape index (κ3) is 1.67. The highest BCUT2D eigenvalue weighted by molar-refractivity contribution is 5.96. The lowest BCUT2D eigenvalue weighted by Gasteiger charge is -2.09. The Morgan fingerprint density at radius 2 is 2.22 bits per heavy atom. The summed E-state index contributed by atoms with van der Waals surface area (Å²) in [5.41, 5.74) is 2.74. The Balaban J connectivity index is 2.68. The molecule has 0 saturated carbocycles. The van der Waals surface area contributed by atoms with Gasteiger partial charge in [-0.3, -0.25) is 4.99 Å². The monoisotopic (exact) mass is 123 g/mol. The van der Waals surface area contributed by atoms with Gasteiger partial charge in [-0.15, -0.1) is 0 Å². The summed E-state index contributed by atoms with van der Waals surface area (Å²) in [6, 6.07) is 0. The van der Waals surface area contributed by atoms with E-state index in [1.165, 1.54) is 30.5 Å². The summed E-state index contributed by atoms with van der Waals surface area (Å²) >= 11 is 0. The molecule has 1 heteroatoms. The molecule has 0 radical (unpaired) electrons. The minimum absolute atomic E-state index is 1.17. The fourth-order valence-corrected chi connectivity index (χ4v) is 1.15. The topological polar surface area (TPSA) is 12.4 Å². The van der Waals surface area contributed by atoms with E-state index in [-0.39, 0.29) is 0 Å². The van der Waals surface area contributed by atoms with E-state index >= 15 is 0 Å². The summed E-state index contributed by atoms with van der Waals surface area (Å²) in [6.07, 6.45) is 5.92. The summed E-state index contributed by atoms with van der Waals surface area (Å²) in [4.78, 5) is 4.14. The van der Waals surface area contributed by atoms with E-state index in [4.69, 9.17) is 0 Å². The zero-order valence-corrected chi connectivity index (χ0v) is 6.15. The van der Waals surface area contributed by atoms with Crippen LogP contribution in [-0.2, 0) is 0 Å². The lowest BCUT2D eigenvalue weighted by molar-refractivity contribution is 0.835. The second-order valence-corrected chi connectivity index (χ2v) is 2.56. The Hall–Kier alpha value is -0.590. The first-order chi connectivity index (χ1) is 4.33. The molecule has 0 amide bonds. The average Bonchev–Trinajstić information content (AvgIpc) is 1.88. The van der Waals surface area contributed by atoms with Crippen LogP contribution in [0.4, 0.5) is 0 Å². The molecule has 50 valence electrons. The molecule has 0 spiro atoms. The van der Waals surface area contributed by atoms with Gasteiger partial charge in [-0.1, -0.05) is 5.57 Å². The Morgan fingerprint density at radius 3 is 2.67 bits per heavy atom. The van der Waals surface area contributed by atoms with Crippen LogP contribution in [0.1, 0.15) is 26.2 Å². The van der Waals surface area contributed by atoms with Crippen molar-refractivity contribution in [1.82, 2.24) is 0 Å². The first-order valence-corrected chi connectivity index (χ1v) is 3.46. The van der Waals surface area contributed by atoms with Crippen molar-refractivity contribution in [3.63, 3.8) is 0 Å². The van der Waals surface area contributed by atoms with Crippen LogP contribution in [0.2, 0.25) is 0 Å². The van der Waals surface area contributed by atoms with Crippen LogP contribution >= 0.6 is 0 Å². The van der Waals surface area contributed by atoms with Gasteiger partial charge in [0.2, 0.25) is 0 Å². The Bertz CT molecular complexity index is 154. The van der Waals surface area contributed by atoms with Crippen LogP contribution in [0, 0.1) is 0 Å². The molecule has 1 rings (SSSR count). The second kappa shape index (κ2) is 2.81. The van der Waals surface area contributed by atoms with Gasteiger partial charge in [0.05, 0.1) is 0 Å². The number of aliphatic imine (C=N–C) groups is 1. The van der Waals surface area contributed by atoms with Gasteiger partial charge in [-0.25, -0.2) is 0 Å². The number of hydrogen-bond donors (Lipinski definition) is 0. The van der Waals surface area contributed by atoms with Crippen LogP contribution < -0.4 is 0 Å². The number of nitrogens with zero attached hydrogens (tertiary/aromatic N) is 1. The molecular formula is C8H13N. The van der Waals surface area contributed by atoms with Crippen LogP contribution in [0.15, 0.2) is 16.6 Å². The van der Waals surface area contributed by atoms with Crippen molar-refractivity contribution in [2.45, 2.75) is 26.2 Å². The maximum absolute atomic E-state index is 4.14. The molecular weight excluding hydrogens is 110 g/mol. The minimum atomic E-state index is 1.17. The summed E-state index contributed by atoms with van der Waals surface area (Å²) in [5, 5.41) is 0. The molecule has 0 saturated heterocycles. The zero-order chi connectivity index (χ0) is 6.69. The zero-order valence-electron chi connectivity index (χ0n) is 6.15. The molecule has 0 atom stereocenters. The fourth-order valence-electron chi connectivity index (χ4n) is 1.15. The van der Waals surface area contributed by atoms with Crippen molar-refractivity contribution in [1.29, 1.82) is 0 Å². The van der Waals surface area contributed by atoms with Crippen LogP contribution in [0.3, 0.4) is 0 Å². The Labute approximate surface area is 56.5 Å². The second-order valence-electron chi connectivity index (χ2n) is 2.56. The summed E-state index contributed by atoms with van der Waals surface area (Å²) in [6.45, 7) is 2.17. The molecule has 9 heavy (non-hydrogen) atoms. The van der Waals surface area contributed by atoms with Gasteiger partial charge in [0.15, 0.2) is 0 Å². The SMILES string of the molecule is C/N=C1/C=C(C)CCC1. The predicted octanol–water partition coefficient (Wildman–Crippen LogP) is 2.19. The Kier molecular flexibility index (Phi) is 2.04. The highest BCUT2D eigenvalue weighted by atomic mass is 14.7. The molecule has 1 aliphatic rings. The molecule has 0 aromatic rings. The summed E-state index contributed by atoms with van der Waals surface area (Å²) < 4.78 is 0. The Morgan fingerprint density at radius 1 is 1.44 bits per heavy atom. The molecule has 0 fully saturated rings.